The van der Waals surface area contributed by atoms with Crippen LogP contribution in [0.3, 0.4) is 0 Å². The number of carbonyl (C=O) groups excluding carboxylic acids is 2. The zero-order valence-electron chi connectivity index (χ0n) is 19.5. The minimum absolute atomic E-state index is 0.106. The Morgan fingerprint density at radius 3 is 2.18 bits per heavy atom. The predicted molar refractivity (Wildman–Crippen MR) is 137 cm³/mol. The van der Waals surface area contributed by atoms with Crippen LogP contribution in [0.2, 0.25) is 0 Å². The lowest BCUT2D eigenvalue weighted by Crippen LogP contribution is -2.41. The van der Waals surface area contributed by atoms with Gasteiger partial charge in [-0.1, -0.05) is 66.7 Å². The van der Waals surface area contributed by atoms with E-state index in [0.717, 1.165) is 43.6 Å². The van der Waals surface area contributed by atoms with E-state index in [2.05, 4.69) is 53.8 Å². The van der Waals surface area contributed by atoms with Gasteiger partial charge in [0.05, 0.1) is 6.42 Å². The summed E-state index contributed by atoms with van der Waals surface area (Å²) in [5.41, 5.74) is 2.68. The second kappa shape index (κ2) is 10.1. The van der Waals surface area contributed by atoms with E-state index in [9.17, 15) is 9.59 Å². The van der Waals surface area contributed by atoms with Crippen molar-refractivity contribution in [3.8, 4) is 0 Å². The molecule has 2 aliphatic rings. The van der Waals surface area contributed by atoms with Crippen molar-refractivity contribution in [1.82, 2.24) is 10.2 Å². The molecule has 34 heavy (non-hydrogen) atoms. The molecular weight excluding hydrogens is 440 g/mol. The Balaban J connectivity index is 1.11. The molecule has 0 radical (unpaired) electrons. The van der Waals surface area contributed by atoms with Crippen LogP contribution in [-0.4, -0.2) is 36.3 Å². The molecule has 0 bridgehead atoms. The number of rotatable bonds is 8. The Morgan fingerprint density at radius 2 is 1.59 bits per heavy atom. The summed E-state index contributed by atoms with van der Waals surface area (Å²) in [5, 5.41) is 5.25. The Morgan fingerprint density at radius 1 is 0.941 bits per heavy atom. The van der Waals surface area contributed by atoms with E-state index < -0.39 is 0 Å². The first-order valence-corrected chi connectivity index (χ1v) is 13.2. The lowest BCUT2D eigenvalue weighted by Gasteiger charge is -2.33. The third kappa shape index (κ3) is 5.10. The number of benzene rings is 2. The van der Waals surface area contributed by atoms with Crippen molar-refractivity contribution in [2.75, 3.05) is 19.6 Å². The SMILES string of the molecule is O=C(NCCC(c1ccccc1)c1ccccc1)C1CC12CCN(C(=O)Cc1cccs1)CC2. The van der Waals surface area contributed by atoms with Crippen LogP contribution in [0.1, 0.15) is 47.6 Å². The van der Waals surface area contributed by atoms with Crippen LogP contribution in [0.15, 0.2) is 78.2 Å². The topological polar surface area (TPSA) is 49.4 Å². The van der Waals surface area contributed by atoms with Crippen LogP contribution in [0.4, 0.5) is 0 Å². The third-order valence-electron chi connectivity index (χ3n) is 7.66. The zero-order chi connectivity index (χ0) is 23.4. The molecule has 1 unspecified atom stereocenters. The Kier molecular flexibility index (Phi) is 6.82. The second-order valence-electron chi connectivity index (χ2n) is 9.71. The van der Waals surface area contributed by atoms with E-state index in [1.807, 2.05) is 34.5 Å². The highest BCUT2D eigenvalue weighted by Gasteiger charge is 2.58. The molecule has 1 aromatic heterocycles. The first-order chi connectivity index (χ1) is 16.6. The molecule has 1 aliphatic heterocycles. The molecule has 1 aliphatic carbocycles. The second-order valence-corrected chi connectivity index (χ2v) is 10.7. The van der Waals surface area contributed by atoms with Gasteiger partial charge in [-0.15, -0.1) is 11.3 Å². The molecule has 1 atom stereocenters. The molecule has 4 nitrogen and oxygen atoms in total. The first-order valence-electron chi connectivity index (χ1n) is 12.3. The highest BCUT2D eigenvalue weighted by molar-refractivity contribution is 7.10. The molecule has 1 spiro atoms. The molecular formula is C29H32N2O2S. The average Bonchev–Trinajstić information content (AvgIpc) is 3.32. The minimum atomic E-state index is 0.106. The summed E-state index contributed by atoms with van der Waals surface area (Å²) >= 11 is 1.64. The molecule has 176 valence electrons. The number of amides is 2. The summed E-state index contributed by atoms with van der Waals surface area (Å²) in [4.78, 5) is 28.7. The monoisotopic (exact) mass is 472 g/mol. The van der Waals surface area contributed by atoms with Gasteiger partial charge >= 0.3 is 0 Å². The quantitative estimate of drug-likeness (QED) is 0.486. The Labute approximate surface area is 206 Å². The fraction of sp³-hybridized carbons (Fsp3) is 0.379. The summed E-state index contributed by atoms with van der Waals surface area (Å²) < 4.78 is 0. The summed E-state index contributed by atoms with van der Waals surface area (Å²) in [6.07, 6.45) is 4.23. The molecule has 1 saturated carbocycles. The summed E-state index contributed by atoms with van der Waals surface area (Å²) in [6.45, 7) is 2.22. The van der Waals surface area contributed by atoms with Gasteiger partial charge in [0, 0.05) is 36.3 Å². The number of hydrogen-bond acceptors (Lipinski definition) is 3. The average molecular weight is 473 g/mol. The maximum absolute atomic E-state index is 13.0. The largest absolute Gasteiger partial charge is 0.356 e. The lowest BCUT2D eigenvalue weighted by atomic mass is 9.88. The standard InChI is InChI=1S/C29H32N2O2S/c32-27(20-24-12-7-19-34-24)31-17-14-29(15-18-31)21-26(29)28(33)30-16-13-25(22-8-3-1-4-9-22)23-10-5-2-6-11-23/h1-12,19,25-26H,13-18,20-21H2,(H,30,33). The molecule has 5 heteroatoms. The molecule has 2 heterocycles. The van der Waals surface area contributed by atoms with Crippen molar-refractivity contribution >= 4 is 23.2 Å². The zero-order valence-corrected chi connectivity index (χ0v) is 20.3. The lowest BCUT2D eigenvalue weighted by molar-refractivity contribution is -0.132. The minimum Gasteiger partial charge on any atom is -0.356 e. The van der Waals surface area contributed by atoms with E-state index in [4.69, 9.17) is 0 Å². The Hall–Kier alpha value is -2.92. The number of carbonyl (C=O) groups is 2. The van der Waals surface area contributed by atoms with Crippen molar-refractivity contribution < 1.29 is 9.59 Å². The van der Waals surface area contributed by atoms with Crippen LogP contribution in [0, 0.1) is 11.3 Å². The van der Waals surface area contributed by atoms with Crippen LogP contribution in [0.25, 0.3) is 0 Å². The summed E-state index contributed by atoms with van der Waals surface area (Å²) in [5.74, 6) is 0.785. The van der Waals surface area contributed by atoms with Gasteiger partial charge in [0.15, 0.2) is 0 Å². The molecule has 3 aromatic rings. The molecule has 2 aromatic carbocycles. The fourth-order valence-corrected chi connectivity index (χ4v) is 6.20. The number of likely N-dealkylation sites (tertiary alicyclic amines) is 1. The van der Waals surface area contributed by atoms with E-state index in [0.29, 0.717) is 13.0 Å². The Bertz CT molecular complexity index is 1050. The van der Waals surface area contributed by atoms with Crippen LogP contribution in [0.5, 0.6) is 0 Å². The highest BCUT2D eigenvalue weighted by atomic mass is 32.1. The summed E-state index contributed by atoms with van der Waals surface area (Å²) in [6, 6.07) is 25.1. The normalized spacial score (nSPS) is 18.7. The fourth-order valence-electron chi connectivity index (χ4n) is 5.51. The van der Waals surface area contributed by atoms with Crippen molar-refractivity contribution in [1.29, 1.82) is 0 Å². The maximum atomic E-state index is 13.0. The van der Waals surface area contributed by atoms with E-state index in [-0.39, 0.29) is 29.1 Å². The van der Waals surface area contributed by atoms with Crippen LogP contribution in [-0.2, 0) is 16.0 Å². The molecule has 1 N–H and O–H groups in total. The highest BCUT2D eigenvalue weighted by Crippen LogP contribution is 2.59. The van der Waals surface area contributed by atoms with Crippen LogP contribution >= 0.6 is 11.3 Å². The van der Waals surface area contributed by atoms with E-state index in [1.165, 1.54) is 11.1 Å². The van der Waals surface area contributed by atoms with E-state index in [1.54, 1.807) is 11.3 Å². The van der Waals surface area contributed by atoms with Crippen molar-refractivity contribution in [3.05, 3.63) is 94.2 Å². The van der Waals surface area contributed by atoms with E-state index >= 15 is 0 Å². The number of hydrogen-bond donors (Lipinski definition) is 1. The van der Waals surface area contributed by atoms with Gasteiger partial charge in [-0.25, -0.2) is 0 Å². The van der Waals surface area contributed by atoms with Gasteiger partial charge in [0.2, 0.25) is 11.8 Å². The van der Waals surface area contributed by atoms with Gasteiger partial charge in [0.1, 0.15) is 0 Å². The van der Waals surface area contributed by atoms with Gasteiger partial charge in [-0.05, 0) is 53.7 Å². The van der Waals surface area contributed by atoms with Gasteiger partial charge in [-0.2, -0.15) is 0 Å². The molecule has 1 saturated heterocycles. The first kappa shape index (κ1) is 22.9. The number of nitrogens with one attached hydrogen (secondary N) is 1. The van der Waals surface area contributed by atoms with Crippen LogP contribution < -0.4 is 5.32 Å². The van der Waals surface area contributed by atoms with Crippen molar-refractivity contribution in [2.45, 2.75) is 38.0 Å². The molecule has 5 rings (SSSR count). The number of piperidine rings is 1. The molecule has 2 fully saturated rings. The predicted octanol–water partition coefficient (Wildman–Crippen LogP) is 5.26. The number of thiophene rings is 1. The maximum Gasteiger partial charge on any atom is 0.227 e. The van der Waals surface area contributed by atoms with Gasteiger partial charge in [0.25, 0.3) is 0 Å². The summed E-state index contributed by atoms with van der Waals surface area (Å²) in [7, 11) is 0. The van der Waals surface area contributed by atoms with Gasteiger partial charge in [-0.3, -0.25) is 9.59 Å². The smallest absolute Gasteiger partial charge is 0.227 e. The molecule has 2 amide bonds. The van der Waals surface area contributed by atoms with Crippen molar-refractivity contribution in [3.63, 3.8) is 0 Å². The van der Waals surface area contributed by atoms with Crippen molar-refractivity contribution in [2.24, 2.45) is 11.3 Å². The van der Waals surface area contributed by atoms with Gasteiger partial charge < -0.3 is 10.2 Å². The number of nitrogens with zero attached hydrogens (tertiary/aromatic N) is 1. The third-order valence-corrected chi connectivity index (χ3v) is 8.54.